The highest BCUT2D eigenvalue weighted by Crippen LogP contribution is 2.78. The molecule has 1 saturated heterocycles. The third-order valence-corrected chi connectivity index (χ3v) is 12.5. The molecular weight excluding hydrogens is 436 g/mol. The third-order valence-electron chi connectivity index (χ3n) is 12.5. The molecule has 0 radical (unpaired) electrons. The number of methoxy groups -OCH3 is 1. The molecule has 11 atom stereocenters. The fourth-order valence-electron chi connectivity index (χ4n) is 10.5. The van der Waals surface area contributed by atoms with Crippen LogP contribution in [0.25, 0.3) is 0 Å². The van der Waals surface area contributed by atoms with Crippen molar-refractivity contribution in [2.24, 2.45) is 45.3 Å². The maximum absolute atomic E-state index is 11.0. The Kier molecular flexibility index (Phi) is 6.05. The Bertz CT molecular complexity index is 904. The molecule has 4 heteroatoms. The summed E-state index contributed by atoms with van der Waals surface area (Å²) in [5, 5.41) is 21.7. The highest BCUT2D eigenvalue weighted by Gasteiger charge is 2.78. The van der Waals surface area contributed by atoms with Crippen molar-refractivity contribution in [2.45, 2.75) is 118 Å². The third kappa shape index (κ3) is 3.12. The summed E-state index contributed by atoms with van der Waals surface area (Å²) in [4.78, 5) is 0. The summed E-state index contributed by atoms with van der Waals surface area (Å²) < 4.78 is 13.2. The summed E-state index contributed by atoms with van der Waals surface area (Å²) in [5.74, 6) is 1.88. The van der Waals surface area contributed by atoms with Gasteiger partial charge in [-0.05, 0) is 87.4 Å². The number of aliphatic hydroxyl groups is 2. The molecule has 1 aliphatic heterocycles. The van der Waals surface area contributed by atoms with Crippen LogP contribution in [-0.4, -0.2) is 41.4 Å². The van der Waals surface area contributed by atoms with E-state index in [1.165, 1.54) is 24.8 Å². The molecular formula is C31H50O4. The molecule has 4 aliphatic carbocycles. The minimum absolute atomic E-state index is 0.0329. The van der Waals surface area contributed by atoms with E-state index in [2.05, 4.69) is 60.6 Å². The van der Waals surface area contributed by atoms with Crippen LogP contribution in [0.15, 0.2) is 23.8 Å². The van der Waals surface area contributed by atoms with Gasteiger partial charge in [-0.1, -0.05) is 58.4 Å². The molecule has 2 N–H and O–H groups in total. The van der Waals surface area contributed by atoms with Gasteiger partial charge in [0.05, 0.1) is 12.2 Å². The van der Waals surface area contributed by atoms with Gasteiger partial charge >= 0.3 is 0 Å². The van der Waals surface area contributed by atoms with Crippen LogP contribution < -0.4 is 0 Å². The summed E-state index contributed by atoms with van der Waals surface area (Å²) in [5.41, 5.74) is 0.754. The van der Waals surface area contributed by atoms with Gasteiger partial charge < -0.3 is 19.7 Å². The first-order chi connectivity index (χ1) is 16.3. The fraction of sp³-hybridized carbons (Fsp3) is 0.871. The van der Waals surface area contributed by atoms with Crippen LogP contribution in [0.1, 0.15) is 93.4 Å². The number of allylic oxidation sites excluding steroid dienone is 2. The van der Waals surface area contributed by atoms with Crippen LogP contribution >= 0.6 is 0 Å². The number of rotatable bonds is 5. The average Bonchev–Trinajstić information content (AvgIpc) is 3.14. The maximum atomic E-state index is 11.0. The molecule has 0 aromatic heterocycles. The van der Waals surface area contributed by atoms with Crippen LogP contribution in [0.3, 0.4) is 0 Å². The largest absolute Gasteiger partial charge is 0.392 e. The summed E-state index contributed by atoms with van der Waals surface area (Å²) in [6.45, 7) is 16.0. The summed E-state index contributed by atoms with van der Waals surface area (Å²) in [6, 6.07) is 0. The van der Waals surface area contributed by atoms with E-state index >= 15 is 0 Å². The molecule has 5 aliphatic rings. The van der Waals surface area contributed by atoms with Crippen molar-refractivity contribution in [1.82, 2.24) is 0 Å². The summed E-state index contributed by atoms with van der Waals surface area (Å²) in [7, 11) is 1.82. The van der Waals surface area contributed by atoms with E-state index in [0.29, 0.717) is 23.7 Å². The van der Waals surface area contributed by atoms with Crippen LogP contribution in [0.5, 0.6) is 0 Å². The molecule has 1 heterocycles. The molecule has 4 fully saturated rings. The molecule has 198 valence electrons. The predicted octanol–water partition coefficient (Wildman–Crippen LogP) is 6.27. The van der Waals surface area contributed by atoms with E-state index in [1.807, 2.05) is 13.2 Å². The van der Waals surface area contributed by atoms with Crippen molar-refractivity contribution in [3.8, 4) is 0 Å². The molecule has 4 nitrogen and oxygen atoms in total. The smallest absolute Gasteiger partial charge is 0.164 e. The molecule has 1 spiro atoms. The second-order valence-corrected chi connectivity index (χ2v) is 14.3. The van der Waals surface area contributed by atoms with Crippen molar-refractivity contribution in [2.75, 3.05) is 7.11 Å². The molecule has 0 aromatic rings. The van der Waals surface area contributed by atoms with Gasteiger partial charge in [-0.15, -0.1) is 0 Å². The highest BCUT2D eigenvalue weighted by atomic mass is 16.7. The average molecular weight is 487 g/mol. The Labute approximate surface area is 213 Å². The van der Waals surface area contributed by atoms with E-state index in [1.54, 1.807) is 0 Å². The predicted molar refractivity (Wildman–Crippen MR) is 140 cm³/mol. The number of fused-ring (bicyclic) bond motifs is 2. The van der Waals surface area contributed by atoms with Gasteiger partial charge in [-0.25, -0.2) is 0 Å². The zero-order valence-electron chi connectivity index (χ0n) is 23.4. The van der Waals surface area contributed by atoms with E-state index < -0.39 is 5.60 Å². The van der Waals surface area contributed by atoms with Crippen LogP contribution in [-0.2, 0) is 9.47 Å². The fourth-order valence-corrected chi connectivity index (χ4v) is 10.5. The summed E-state index contributed by atoms with van der Waals surface area (Å²) >= 11 is 0. The molecule has 35 heavy (non-hydrogen) atoms. The second-order valence-electron chi connectivity index (χ2n) is 14.3. The topological polar surface area (TPSA) is 58.9 Å². The molecule has 6 unspecified atom stereocenters. The second kappa shape index (κ2) is 8.16. The quantitative estimate of drug-likeness (QED) is 0.450. The molecule has 0 amide bonds. The Morgan fingerprint density at radius 3 is 2.46 bits per heavy atom. The SMILES string of the molecule is CO[C@@H]1OC23C=C[C@H]4C1(CCC1(C)C([C@H](C)CC(O)C=C(C)C)CC[C@@]41C)[C@@H]2CCC(O)C3(C)C. The van der Waals surface area contributed by atoms with E-state index in [0.717, 1.165) is 25.7 Å². The van der Waals surface area contributed by atoms with Crippen molar-refractivity contribution >= 4 is 0 Å². The molecule has 2 bridgehead atoms. The monoisotopic (exact) mass is 486 g/mol. The van der Waals surface area contributed by atoms with Crippen LogP contribution in [0.4, 0.5) is 0 Å². The Morgan fingerprint density at radius 1 is 1.09 bits per heavy atom. The number of ether oxygens (including phenoxy) is 2. The van der Waals surface area contributed by atoms with Gasteiger partial charge in [0.2, 0.25) is 0 Å². The van der Waals surface area contributed by atoms with Crippen LogP contribution in [0, 0.1) is 45.3 Å². The highest BCUT2D eigenvalue weighted by molar-refractivity contribution is 5.34. The van der Waals surface area contributed by atoms with Crippen molar-refractivity contribution in [1.29, 1.82) is 0 Å². The van der Waals surface area contributed by atoms with Crippen molar-refractivity contribution in [3.05, 3.63) is 23.8 Å². The minimum atomic E-state index is -0.453. The zero-order chi connectivity index (χ0) is 25.6. The standard InChI is InChI=1S/C31H50O4/c1-19(2)17-21(32)18-20(3)22-11-13-29(7)23-12-14-31-24(9-10-25(33)27(31,4)5)30(23,26(34-8)35-31)16-15-28(22,29)6/h12,14,17,20-26,32-33H,9-11,13,15-16,18H2,1-8H3/t20-,21?,22?,23-,24+,25?,26-,28?,29+,30?,31?/m1/s1. The lowest BCUT2D eigenvalue weighted by Gasteiger charge is -2.65. The Morgan fingerprint density at radius 2 is 1.80 bits per heavy atom. The lowest BCUT2D eigenvalue weighted by atomic mass is 9.38. The lowest BCUT2D eigenvalue weighted by Crippen LogP contribution is -2.65. The van der Waals surface area contributed by atoms with Gasteiger partial charge in [-0.3, -0.25) is 0 Å². The first-order valence-corrected chi connectivity index (χ1v) is 14.2. The number of hydrogen-bond acceptors (Lipinski definition) is 4. The molecule has 5 rings (SSSR count). The van der Waals surface area contributed by atoms with Gasteiger partial charge in [0.15, 0.2) is 6.29 Å². The summed E-state index contributed by atoms with van der Waals surface area (Å²) in [6.07, 6.45) is 13.4. The van der Waals surface area contributed by atoms with Gasteiger partial charge in [0.25, 0.3) is 0 Å². The molecule has 3 saturated carbocycles. The van der Waals surface area contributed by atoms with Gasteiger partial charge in [0, 0.05) is 23.9 Å². The first-order valence-electron chi connectivity index (χ1n) is 14.2. The van der Waals surface area contributed by atoms with Gasteiger partial charge in [0.1, 0.15) is 5.60 Å². The number of aliphatic hydroxyl groups excluding tert-OH is 2. The lowest BCUT2D eigenvalue weighted by molar-refractivity contribution is -0.225. The normalized spacial score (nSPS) is 51.2. The zero-order valence-corrected chi connectivity index (χ0v) is 23.4. The Balaban J connectivity index is 1.53. The van der Waals surface area contributed by atoms with E-state index in [9.17, 15) is 10.2 Å². The molecule has 0 aromatic carbocycles. The first kappa shape index (κ1) is 25.9. The maximum Gasteiger partial charge on any atom is 0.164 e. The number of hydrogen-bond donors (Lipinski definition) is 2. The minimum Gasteiger partial charge on any atom is -0.392 e. The van der Waals surface area contributed by atoms with Crippen molar-refractivity contribution < 1.29 is 19.7 Å². The van der Waals surface area contributed by atoms with Gasteiger partial charge in [-0.2, -0.15) is 0 Å². The van der Waals surface area contributed by atoms with E-state index in [-0.39, 0.29) is 40.2 Å². The van der Waals surface area contributed by atoms with Crippen LogP contribution in [0.2, 0.25) is 0 Å². The Hall–Kier alpha value is -0.680. The van der Waals surface area contributed by atoms with E-state index in [4.69, 9.17) is 9.47 Å². The van der Waals surface area contributed by atoms with Crippen molar-refractivity contribution in [3.63, 3.8) is 0 Å².